The van der Waals surface area contributed by atoms with Crippen LogP contribution in [0, 0.1) is 13.8 Å². The number of aryl methyl sites for hydroxylation is 2. The molecule has 0 fully saturated rings. The summed E-state index contributed by atoms with van der Waals surface area (Å²) in [4.78, 5) is 2.19. The van der Waals surface area contributed by atoms with Crippen LogP contribution in [0.1, 0.15) is 17.5 Å². The lowest BCUT2D eigenvalue weighted by molar-refractivity contribution is 0.126. The average molecular weight is 281 g/mol. The highest BCUT2D eigenvalue weighted by atomic mass is 16.5. The molecule has 0 aliphatic carbocycles. The van der Waals surface area contributed by atoms with E-state index in [1.54, 1.807) is 7.11 Å². The summed E-state index contributed by atoms with van der Waals surface area (Å²) in [6.45, 7) is 8.17. The van der Waals surface area contributed by atoms with E-state index in [4.69, 9.17) is 14.6 Å². The molecule has 0 radical (unpaired) electrons. The predicted octanol–water partition coefficient (Wildman–Crippen LogP) is 2.01. The zero-order valence-corrected chi connectivity index (χ0v) is 12.9. The van der Waals surface area contributed by atoms with E-state index in [0.29, 0.717) is 19.8 Å². The molecule has 0 heterocycles. The van der Waals surface area contributed by atoms with Gasteiger partial charge in [0.15, 0.2) is 0 Å². The molecule has 4 nitrogen and oxygen atoms in total. The summed E-state index contributed by atoms with van der Waals surface area (Å²) in [5, 5.41) is 9.02. The van der Waals surface area contributed by atoms with Crippen molar-refractivity contribution in [3.8, 4) is 5.75 Å². The molecule has 0 aliphatic heterocycles. The van der Waals surface area contributed by atoms with Gasteiger partial charge in [-0.1, -0.05) is 6.07 Å². The van der Waals surface area contributed by atoms with Gasteiger partial charge in [-0.3, -0.25) is 4.90 Å². The molecule has 1 rings (SSSR count). The van der Waals surface area contributed by atoms with Gasteiger partial charge < -0.3 is 14.6 Å². The lowest BCUT2D eigenvalue weighted by Crippen LogP contribution is -2.32. The molecule has 1 aromatic carbocycles. The molecular formula is C16H27NO3. The van der Waals surface area contributed by atoms with Crippen LogP contribution in [-0.4, -0.2) is 56.6 Å². The number of hydrogen-bond donors (Lipinski definition) is 1. The monoisotopic (exact) mass is 281 g/mol. The molecule has 0 saturated carbocycles. The number of hydrogen-bond acceptors (Lipinski definition) is 4. The maximum Gasteiger partial charge on any atom is 0.119 e. The first-order chi connectivity index (χ1) is 9.65. The lowest BCUT2D eigenvalue weighted by Gasteiger charge is -2.20. The Bertz CT molecular complexity index is 362. The Kier molecular flexibility index (Phi) is 8.26. The number of nitrogens with zero attached hydrogens (tertiary/aromatic N) is 1. The molecule has 20 heavy (non-hydrogen) atoms. The zero-order valence-electron chi connectivity index (χ0n) is 12.9. The highest BCUT2D eigenvalue weighted by Crippen LogP contribution is 2.16. The maximum atomic E-state index is 9.02. The maximum absolute atomic E-state index is 9.02. The van der Waals surface area contributed by atoms with Crippen molar-refractivity contribution < 1.29 is 14.6 Å². The number of ether oxygens (including phenoxy) is 2. The van der Waals surface area contributed by atoms with Crippen LogP contribution >= 0.6 is 0 Å². The largest absolute Gasteiger partial charge is 0.494 e. The van der Waals surface area contributed by atoms with E-state index < -0.39 is 0 Å². The second-order valence-electron chi connectivity index (χ2n) is 5.08. The Hall–Kier alpha value is -1.10. The zero-order chi connectivity index (χ0) is 14.8. The number of methoxy groups -OCH3 is 1. The van der Waals surface area contributed by atoms with Crippen molar-refractivity contribution in [2.45, 2.75) is 20.3 Å². The van der Waals surface area contributed by atoms with Crippen LogP contribution in [-0.2, 0) is 4.74 Å². The van der Waals surface area contributed by atoms with Crippen molar-refractivity contribution >= 4 is 0 Å². The lowest BCUT2D eigenvalue weighted by atomic mass is 10.1. The molecule has 1 N–H and O–H groups in total. The number of aliphatic hydroxyl groups is 1. The minimum Gasteiger partial charge on any atom is -0.494 e. The van der Waals surface area contributed by atoms with E-state index >= 15 is 0 Å². The fourth-order valence-corrected chi connectivity index (χ4v) is 2.19. The SMILES string of the molecule is COCCN(CCO)CCCOc1cc(C)cc(C)c1. The molecule has 0 amide bonds. The molecule has 0 spiro atoms. The predicted molar refractivity (Wildman–Crippen MR) is 81.4 cm³/mol. The summed E-state index contributed by atoms with van der Waals surface area (Å²) in [6, 6.07) is 6.26. The Morgan fingerprint density at radius 3 is 2.30 bits per heavy atom. The van der Waals surface area contributed by atoms with Crippen LogP contribution in [0.25, 0.3) is 0 Å². The Balaban J connectivity index is 2.28. The van der Waals surface area contributed by atoms with E-state index in [9.17, 15) is 0 Å². The Morgan fingerprint density at radius 2 is 1.70 bits per heavy atom. The van der Waals surface area contributed by atoms with Crippen molar-refractivity contribution in [1.29, 1.82) is 0 Å². The second-order valence-corrected chi connectivity index (χ2v) is 5.08. The van der Waals surface area contributed by atoms with Crippen LogP contribution < -0.4 is 4.74 Å². The standard InChI is InChI=1S/C16H27NO3/c1-14-11-15(2)13-16(12-14)20-9-4-5-17(6-8-18)7-10-19-3/h11-13,18H,4-10H2,1-3H3. The number of aliphatic hydroxyl groups excluding tert-OH is 1. The van der Waals surface area contributed by atoms with Crippen LogP contribution in [0.2, 0.25) is 0 Å². The van der Waals surface area contributed by atoms with Crippen LogP contribution in [0.3, 0.4) is 0 Å². The van der Waals surface area contributed by atoms with Gasteiger partial charge in [-0.05, 0) is 43.5 Å². The summed E-state index contributed by atoms with van der Waals surface area (Å²) in [7, 11) is 1.69. The van der Waals surface area contributed by atoms with Crippen molar-refractivity contribution in [2.75, 3.05) is 46.6 Å². The first kappa shape index (κ1) is 17.0. The van der Waals surface area contributed by atoms with Crippen molar-refractivity contribution in [3.05, 3.63) is 29.3 Å². The second kappa shape index (κ2) is 9.75. The fraction of sp³-hybridized carbons (Fsp3) is 0.625. The molecule has 114 valence electrons. The molecule has 0 saturated heterocycles. The number of rotatable bonds is 10. The van der Waals surface area contributed by atoms with E-state index in [0.717, 1.165) is 25.3 Å². The molecule has 4 heteroatoms. The minimum absolute atomic E-state index is 0.182. The van der Waals surface area contributed by atoms with Crippen molar-refractivity contribution in [2.24, 2.45) is 0 Å². The van der Waals surface area contributed by atoms with Gasteiger partial charge in [-0.15, -0.1) is 0 Å². The van der Waals surface area contributed by atoms with Gasteiger partial charge >= 0.3 is 0 Å². The van der Waals surface area contributed by atoms with Gasteiger partial charge in [0.25, 0.3) is 0 Å². The van der Waals surface area contributed by atoms with Crippen molar-refractivity contribution in [1.82, 2.24) is 4.90 Å². The van der Waals surface area contributed by atoms with Gasteiger partial charge in [0.05, 0.1) is 19.8 Å². The summed E-state index contributed by atoms with van der Waals surface area (Å²) in [6.07, 6.45) is 0.941. The summed E-state index contributed by atoms with van der Waals surface area (Å²) < 4.78 is 10.8. The molecule has 0 aromatic heterocycles. The van der Waals surface area contributed by atoms with Crippen LogP contribution in [0.15, 0.2) is 18.2 Å². The van der Waals surface area contributed by atoms with Gasteiger partial charge in [0, 0.05) is 26.7 Å². The summed E-state index contributed by atoms with van der Waals surface area (Å²) in [5.41, 5.74) is 2.45. The average Bonchev–Trinajstić information content (AvgIpc) is 2.39. The first-order valence-corrected chi connectivity index (χ1v) is 7.19. The summed E-state index contributed by atoms with van der Waals surface area (Å²) in [5.74, 6) is 0.938. The first-order valence-electron chi connectivity index (χ1n) is 7.19. The molecule has 1 aromatic rings. The van der Waals surface area contributed by atoms with Gasteiger partial charge in [0.2, 0.25) is 0 Å². The normalized spacial score (nSPS) is 11.1. The highest BCUT2D eigenvalue weighted by Gasteiger charge is 2.04. The smallest absolute Gasteiger partial charge is 0.119 e. The quantitative estimate of drug-likeness (QED) is 0.666. The number of benzene rings is 1. The molecule has 0 bridgehead atoms. The topological polar surface area (TPSA) is 41.9 Å². The van der Waals surface area contributed by atoms with Gasteiger partial charge in [-0.2, -0.15) is 0 Å². The van der Waals surface area contributed by atoms with Gasteiger partial charge in [-0.25, -0.2) is 0 Å². The molecule has 0 unspecified atom stereocenters. The van der Waals surface area contributed by atoms with Gasteiger partial charge in [0.1, 0.15) is 5.75 Å². The van der Waals surface area contributed by atoms with Crippen LogP contribution in [0.4, 0.5) is 0 Å². The fourth-order valence-electron chi connectivity index (χ4n) is 2.19. The minimum atomic E-state index is 0.182. The third-order valence-electron chi connectivity index (χ3n) is 3.11. The van der Waals surface area contributed by atoms with E-state index in [-0.39, 0.29) is 6.61 Å². The van der Waals surface area contributed by atoms with E-state index in [1.165, 1.54) is 11.1 Å². The van der Waals surface area contributed by atoms with E-state index in [1.807, 2.05) is 0 Å². The Morgan fingerprint density at radius 1 is 1.00 bits per heavy atom. The molecule has 0 aliphatic rings. The third-order valence-corrected chi connectivity index (χ3v) is 3.11. The molecule has 0 atom stereocenters. The third kappa shape index (κ3) is 6.89. The summed E-state index contributed by atoms with van der Waals surface area (Å²) >= 11 is 0. The van der Waals surface area contributed by atoms with Crippen LogP contribution in [0.5, 0.6) is 5.75 Å². The molecular weight excluding hydrogens is 254 g/mol. The van der Waals surface area contributed by atoms with E-state index in [2.05, 4.69) is 36.9 Å². The highest BCUT2D eigenvalue weighted by molar-refractivity contribution is 5.32. The Labute approximate surface area is 122 Å². The van der Waals surface area contributed by atoms with Crippen molar-refractivity contribution in [3.63, 3.8) is 0 Å².